The highest BCUT2D eigenvalue weighted by atomic mass is 33.1. The summed E-state index contributed by atoms with van der Waals surface area (Å²) < 4.78 is 0. The van der Waals surface area contributed by atoms with E-state index < -0.39 is 23.9 Å². The van der Waals surface area contributed by atoms with Crippen LogP contribution >= 0.6 is 86.4 Å². The van der Waals surface area contributed by atoms with Crippen LogP contribution in [0.2, 0.25) is 0 Å². The molecule has 0 aromatic heterocycles. The van der Waals surface area contributed by atoms with Crippen molar-refractivity contribution in [2.75, 3.05) is 23.0 Å². The number of aliphatic carboxylic acids is 4. The molecule has 1 aliphatic rings. The Morgan fingerprint density at radius 3 is 0.896 bits per heavy atom. The Labute approximate surface area is 319 Å². The summed E-state index contributed by atoms with van der Waals surface area (Å²) in [5, 5.41) is 38.1. The SMILES string of the molecule is O=C(O)CCCCC1CCSSCCC(CCCCC(=O)O)SSCCC(CCCCC(=O)O)SSC(CCCCC(=O)O)CCSS1. The molecule has 0 aromatic rings. The van der Waals surface area contributed by atoms with E-state index in [1.54, 1.807) is 0 Å². The molecule has 4 N–H and O–H groups in total. The van der Waals surface area contributed by atoms with E-state index in [9.17, 15) is 19.2 Å². The maximum Gasteiger partial charge on any atom is 0.303 e. The Morgan fingerprint density at radius 2 is 0.625 bits per heavy atom. The predicted octanol–water partition coefficient (Wildman–Crippen LogP) is 11.1. The standard InChI is InChI=1S/C32H56O8S8/c33-29(34)13-5-1-9-25-17-21-41-42-22-18-26(10-2-6-14-30(35)36)46-44-24-20-28(12-4-8-16-32(39)40)48-47-27(19-23-43-45-25)11-3-7-15-31(37)38/h25-28H,1-24H2,(H,33,34)(H,35,36)(H,37,38)(H,39,40). The highest BCUT2D eigenvalue weighted by Gasteiger charge is 2.19. The largest absolute Gasteiger partial charge is 0.481 e. The number of carboxylic acid groups (broad SMARTS) is 4. The molecule has 1 aliphatic heterocycles. The average Bonchev–Trinajstić information content (AvgIpc) is 3.03. The molecule has 4 atom stereocenters. The van der Waals surface area contributed by atoms with Gasteiger partial charge in [0.05, 0.1) is 0 Å². The molecule has 0 bridgehead atoms. The number of carboxylic acids is 4. The molecule has 0 aromatic carbocycles. The maximum absolute atomic E-state index is 11.1. The molecule has 1 fully saturated rings. The van der Waals surface area contributed by atoms with Crippen LogP contribution in [0.15, 0.2) is 0 Å². The normalized spacial score (nSPS) is 22.8. The third-order valence-corrected chi connectivity index (χ3v) is 19.6. The van der Waals surface area contributed by atoms with E-state index in [-0.39, 0.29) is 25.7 Å². The fourth-order valence-corrected chi connectivity index (χ4v) is 16.8. The first-order valence-electron chi connectivity index (χ1n) is 17.2. The van der Waals surface area contributed by atoms with Crippen LogP contribution in [0.3, 0.4) is 0 Å². The predicted molar refractivity (Wildman–Crippen MR) is 218 cm³/mol. The van der Waals surface area contributed by atoms with Crippen LogP contribution in [0.5, 0.6) is 0 Å². The van der Waals surface area contributed by atoms with Crippen LogP contribution < -0.4 is 0 Å². The first-order chi connectivity index (χ1) is 23.2. The van der Waals surface area contributed by atoms with Crippen molar-refractivity contribution in [1.82, 2.24) is 0 Å². The fourth-order valence-electron chi connectivity index (χ4n) is 4.84. The smallest absolute Gasteiger partial charge is 0.303 e. The van der Waals surface area contributed by atoms with Gasteiger partial charge in [-0.15, -0.1) is 0 Å². The number of carbonyl (C=O) groups is 4. The van der Waals surface area contributed by atoms with Crippen molar-refractivity contribution in [2.24, 2.45) is 0 Å². The molecule has 0 saturated carbocycles. The van der Waals surface area contributed by atoms with Crippen LogP contribution in [-0.2, 0) is 19.2 Å². The number of unbranched alkanes of at least 4 members (excludes halogenated alkanes) is 4. The minimum absolute atomic E-state index is 0.205. The van der Waals surface area contributed by atoms with E-state index in [1.165, 1.54) is 0 Å². The van der Waals surface area contributed by atoms with Crippen LogP contribution in [-0.4, -0.2) is 88.3 Å². The lowest BCUT2D eigenvalue weighted by atomic mass is 10.1. The molecule has 1 saturated heterocycles. The quantitative estimate of drug-likeness (QED) is 0.0680. The van der Waals surface area contributed by atoms with Crippen LogP contribution in [0.1, 0.15) is 128 Å². The van der Waals surface area contributed by atoms with E-state index in [0.717, 1.165) is 100 Å². The van der Waals surface area contributed by atoms with Crippen molar-refractivity contribution in [1.29, 1.82) is 0 Å². The van der Waals surface area contributed by atoms with Crippen LogP contribution in [0, 0.1) is 0 Å². The lowest BCUT2D eigenvalue weighted by molar-refractivity contribution is -0.138. The van der Waals surface area contributed by atoms with Gasteiger partial charge in [0.15, 0.2) is 0 Å². The second-order valence-electron chi connectivity index (χ2n) is 11.9. The van der Waals surface area contributed by atoms with Gasteiger partial charge in [-0.2, -0.15) is 0 Å². The lowest BCUT2D eigenvalue weighted by Crippen LogP contribution is -2.09. The zero-order valence-corrected chi connectivity index (χ0v) is 34.5. The van der Waals surface area contributed by atoms with Crippen molar-refractivity contribution in [3.8, 4) is 0 Å². The Balaban J connectivity index is 2.90. The van der Waals surface area contributed by atoms with Gasteiger partial charge in [0.25, 0.3) is 0 Å². The van der Waals surface area contributed by atoms with Gasteiger partial charge in [-0.05, 0) is 77.0 Å². The van der Waals surface area contributed by atoms with Crippen LogP contribution in [0.25, 0.3) is 0 Å². The summed E-state index contributed by atoms with van der Waals surface area (Å²) in [6.45, 7) is 0. The zero-order valence-electron chi connectivity index (χ0n) is 28.0. The summed E-state index contributed by atoms with van der Waals surface area (Å²) in [7, 11) is 15.5. The summed E-state index contributed by atoms with van der Waals surface area (Å²) in [6.07, 6.45) is 15.6. The lowest BCUT2D eigenvalue weighted by Gasteiger charge is -2.22. The van der Waals surface area contributed by atoms with E-state index >= 15 is 0 Å². The van der Waals surface area contributed by atoms with Crippen LogP contribution in [0.4, 0.5) is 0 Å². The van der Waals surface area contributed by atoms with Gasteiger partial charge >= 0.3 is 23.9 Å². The molecule has 8 nitrogen and oxygen atoms in total. The average molecular weight is 825 g/mol. The Morgan fingerprint density at radius 1 is 0.375 bits per heavy atom. The minimum Gasteiger partial charge on any atom is -0.481 e. The van der Waals surface area contributed by atoms with E-state index in [0.29, 0.717) is 46.7 Å². The second kappa shape index (κ2) is 32.3. The highest BCUT2D eigenvalue weighted by Crippen LogP contribution is 2.43. The topological polar surface area (TPSA) is 149 Å². The van der Waals surface area contributed by atoms with Crippen molar-refractivity contribution < 1.29 is 39.6 Å². The molecule has 0 amide bonds. The van der Waals surface area contributed by atoms with Crippen molar-refractivity contribution in [3.05, 3.63) is 0 Å². The zero-order chi connectivity index (χ0) is 35.2. The van der Waals surface area contributed by atoms with Gasteiger partial charge in [-0.25, -0.2) is 0 Å². The molecule has 1 heterocycles. The maximum atomic E-state index is 11.1. The summed E-state index contributed by atoms with van der Waals surface area (Å²) in [5.74, 6) is 1.24. The van der Waals surface area contributed by atoms with Gasteiger partial charge in [-0.3, -0.25) is 19.2 Å². The van der Waals surface area contributed by atoms with Gasteiger partial charge in [0, 0.05) is 69.7 Å². The van der Waals surface area contributed by atoms with E-state index in [1.807, 2.05) is 86.4 Å². The van der Waals surface area contributed by atoms with Gasteiger partial charge in [0.1, 0.15) is 0 Å². The second-order valence-corrected chi connectivity index (χ2v) is 23.0. The molecule has 1 rings (SSSR count). The molecule has 48 heavy (non-hydrogen) atoms. The molecular formula is C32H56O8S8. The molecule has 16 heteroatoms. The molecule has 0 aliphatic carbocycles. The number of hydrogen-bond donors (Lipinski definition) is 4. The third kappa shape index (κ3) is 30.3. The highest BCUT2D eigenvalue weighted by molar-refractivity contribution is 8.78. The molecule has 0 radical (unpaired) electrons. The van der Waals surface area contributed by atoms with Gasteiger partial charge in [-0.1, -0.05) is 112 Å². The molecule has 4 unspecified atom stereocenters. The van der Waals surface area contributed by atoms with Crippen molar-refractivity contribution >= 4 is 110 Å². The molecule has 280 valence electrons. The van der Waals surface area contributed by atoms with Crippen molar-refractivity contribution in [3.63, 3.8) is 0 Å². The monoisotopic (exact) mass is 824 g/mol. The molecule has 0 spiro atoms. The number of rotatable bonds is 20. The van der Waals surface area contributed by atoms with E-state index in [4.69, 9.17) is 20.4 Å². The minimum atomic E-state index is -0.745. The number of hydrogen-bond acceptors (Lipinski definition) is 12. The Hall–Kier alpha value is 0.680. The van der Waals surface area contributed by atoms with Gasteiger partial charge < -0.3 is 20.4 Å². The summed E-state index contributed by atoms with van der Waals surface area (Å²) in [5.41, 5.74) is 0. The summed E-state index contributed by atoms with van der Waals surface area (Å²) in [4.78, 5) is 44.2. The van der Waals surface area contributed by atoms with E-state index in [2.05, 4.69) is 0 Å². The Bertz CT molecular complexity index is 804. The van der Waals surface area contributed by atoms with Gasteiger partial charge in [0.2, 0.25) is 0 Å². The van der Waals surface area contributed by atoms with Crippen molar-refractivity contribution in [2.45, 2.75) is 149 Å². The Kier molecular flexibility index (Phi) is 31.5. The summed E-state index contributed by atoms with van der Waals surface area (Å²) in [6, 6.07) is 0. The summed E-state index contributed by atoms with van der Waals surface area (Å²) >= 11 is 0. The third-order valence-electron chi connectivity index (χ3n) is 7.58. The molecular weight excluding hydrogens is 769 g/mol. The fraction of sp³-hybridized carbons (Fsp3) is 0.875. The first kappa shape index (κ1) is 46.7. The first-order valence-corrected chi connectivity index (χ1v) is 26.7.